The van der Waals surface area contributed by atoms with Crippen LogP contribution in [-0.4, -0.2) is 49.4 Å². The zero-order valence-electron chi connectivity index (χ0n) is 21.8. The molecule has 3 heterocycles. The van der Waals surface area contributed by atoms with Crippen molar-refractivity contribution in [1.29, 1.82) is 0 Å². The summed E-state index contributed by atoms with van der Waals surface area (Å²) in [6.45, 7) is 2.85. The van der Waals surface area contributed by atoms with Crippen molar-refractivity contribution in [2.45, 2.75) is 51.6 Å². The van der Waals surface area contributed by atoms with Crippen LogP contribution in [0, 0.1) is 12.8 Å². The SMILES string of the molecule is Cc1ncc(Cl)cc1C(=O)NC1CCC(Cn2c(=O)n(-c3ccc(OCCCO)nc3)c3ccccc32)CC1. The first-order valence-corrected chi connectivity index (χ1v) is 13.7. The number of carbonyl (C=O) groups is 1. The van der Waals surface area contributed by atoms with Crippen LogP contribution in [0.5, 0.6) is 5.88 Å². The van der Waals surface area contributed by atoms with Crippen LogP contribution in [0.2, 0.25) is 5.02 Å². The number of fused-ring (bicyclic) bond motifs is 1. The Labute approximate surface area is 231 Å². The molecule has 204 valence electrons. The first kappa shape index (κ1) is 26.9. The van der Waals surface area contributed by atoms with Gasteiger partial charge in [-0.3, -0.25) is 18.9 Å². The number of pyridine rings is 2. The van der Waals surface area contributed by atoms with E-state index in [2.05, 4.69) is 15.3 Å². The molecule has 0 bridgehead atoms. The molecule has 5 rings (SSSR count). The largest absolute Gasteiger partial charge is 0.478 e. The Kier molecular flexibility index (Phi) is 8.28. The van der Waals surface area contributed by atoms with Crippen molar-refractivity contribution >= 4 is 28.5 Å². The molecule has 1 amide bonds. The van der Waals surface area contributed by atoms with Crippen LogP contribution in [0.3, 0.4) is 0 Å². The molecule has 1 aromatic carbocycles. The number of hydrogen-bond donors (Lipinski definition) is 2. The summed E-state index contributed by atoms with van der Waals surface area (Å²) in [5.74, 6) is 0.628. The summed E-state index contributed by atoms with van der Waals surface area (Å²) in [5.41, 5.74) is 3.42. The lowest BCUT2D eigenvalue weighted by molar-refractivity contribution is 0.0919. The monoisotopic (exact) mass is 549 g/mol. The van der Waals surface area contributed by atoms with Crippen molar-refractivity contribution in [3.05, 3.63) is 81.6 Å². The van der Waals surface area contributed by atoms with Gasteiger partial charge in [0.2, 0.25) is 5.88 Å². The van der Waals surface area contributed by atoms with E-state index in [0.717, 1.165) is 36.7 Å². The predicted molar refractivity (Wildman–Crippen MR) is 150 cm³/mol. The highest BCUT2D eigenvalue weighted by Gasteiger charge is 2.25. The van der Waals surface area contributed by atoms with Crippen molar-refractivity contribution in [3.63, 3.8) is 0 Å². The number of halogens is 1. The van der Waals surface area contributed by atoms with Crippen molar-refractivity contribution < 1.29 is 14.6 Å². The van der Waals surface area contributed by atoms with E-state index in [1.807, 2.05) is 34.9 Å². The fourth-order valence-corrected chi connectivity index (χ4v) is 5.37. The number of aryl methyl sites for hydroxylation is 1. The maximum absolute atomic E-state index is 13.6. The third-order valence-corrected chi connectivity index (χ3v) is 7.49. The van der Waals surface area contributed by atoms with Crippen LogP contribution in [0.25, 0.3) is 16.7 Å². The van der Waals surface area contributed by atoms with Gasteiger partial charge in [0.1, 0.15) is 0 Å². The molecule has 0 aliphatic heterocycles. The molecule has 0 unspecified atom stereocenters. The standard InChI is InChI=1S/C29H32ClN5O4/c1-19-24(15-21(30)16-31-19)28(37)33-22-9-7-20(8-10-22)18-34-25-5-2-3-6-26(25)35(29(34)38)23-11-12-27(32-17-23)39-14-4-13-36/h2-3,5-6,11-12,15-17,20,22,36H,4,7-10,13-14,18H2,1H3,(H,33,37). The van der Waals surface area contributed by atoms with Gasteiger partial charge in [0.05, 0.1) is 45.8 Å². The molecule has 0 saturated heterocycles. The number of carbonyl (C=O) groups excluding carboxylic acids is 1. The predicted octanol–water partition coefficient (Wildman–Crippen LogP) is 4.29. The summed E-state index contributed by atoms with van der Waals surface area (Å²) in [7, 11) is 0. The van der Waals surface area contributed by atoms with E-state index in [1.165, 1.54) is 0 Å². The first-order valence-electron chi connectivity index (χ1n) is 13.3. The molecular weight excluding hydrogens is 518 g/mol. The molecule has 1 saturated carbocycles. The number of aliphatic hydroxyl groups is 1. The number of benzene rings is 1. The molecule has 3 aromatic heterocycles. The average Bonchev–Trinajstić information content (AvgIpc) is 3.22. The van der Waals surface area contributed by atoms with E-state index in [1.54, 1.807) is 36.0 Å². The average molecular weight is 550 g/mol. The maximum atomic E-state index is 13.6. The van der Waals surface area contributed by atoms with E-state index in [-0.39, 0.29) is 24.2 Å². The number of rotatable bonds is 9. The van der Waals surface area contributed by atoms with Gasteiger partial charge in [-0.2, -0.15) is 0 Å². The molecule has 10 heteroatoms. The Hall–Kier alpha value is -3.69. The van der Waals surface area contributed by atoms with Crippen LogP contribution < -0.4 is 15.7 Å². The second kappa shape index (κ2) is 12.0. The number of ether oxygens (including phenoxy) is 1. The van der Waals surface area contributed by atoms with Gasteiger partial charge in [-0.1, -0.05) is 23.7 Å². The Bertz CT molecular complexity index is 1510. The van der Waals surface area contributed by atoms with E-state index < -0.39 is 0 Å². The van der Waals surface area contributed by atoms with Gasteiger partial charge in [0, 0.05) is 37.9 Å². The molecule has 39 heavy (non-hydrogen) atoms. The number of hydrogen-bond acceptors (Lipinski definition) is 6. The molecule has 4 aromatic rings. The molecule has 0 atom stereocenters. The fraction of sp³-hybridized carbons (Fsp3) is 0.379. The lowest BCUT2D eigenvalue weighted by Gasteiger charge is -2.29. The van der Waals surface area contributed by atoms with Gasteiger partial charge in [-0.25, -0.2) is 9.78 Å². The number of aromatic nitrogens is 4. The van der Waals surface area contributed by atoms with Crippen LogP contribution in [0.15, 0.2) is 59.7 Å². The summed E-state index contributed by atoms with van der Waals surface area (Å²) in [4.78, 5) is 35.0. The smallest absolute Gasteiger partial charge is 0.333 e. The third-order valence-electron chi connectivity index (χ3n) is 7.29. The van der Waals surface area contributed by atoms with Crippen LogP contribution in [0.4, 0.5) is 0 Å². The Morgan fingerprint density at radius 3 is 2.59 bits per heavy atom. The Balaban J connectivity index is 1.28. The number of para-hydroxylation sites is 2. The van der Waals surface area contributed by atoms with Gasteiger partial charge in [0.25, 0.3) is 5.91 Å². The molecule has 9 nitrogen and oxygen atoms in total. The van der Waals surface area contributed by atoms with Gasteiger partial charge < -0.3 is 15.2 Å². The van der Waals surface area contributed by atoms with Gasteiger partial charge in [-0.15, -0.1) is 0 Å². The zero-order chi connectivity index (χ0) is 27.4. The first-order chi connectivity index (χ1) is 18.9. The van der Waals surface area contributed by atoms with E-state index in [0.29, 0.717) is 53.3 Å². The summed E-state index contributed by atoms with van der Waals surface area (Å²) in [6, 6.07) is 13.1. The van der Waals surface area contributed by atoms with Crippen LogP contribution in [-0.2, 0) is 6.54 Å². The van der Waals surface area contributed by atoms with E-state index >= 15 is 0 Å². The number of amides is 1. The highest BCUT2D eigenvalue weighted by Crippen LogP contribution is 2.28. The summed E-state index contributed by atoms with van der Waals surface area (Å²) in [6.07, 6.45) is 7.22. The summed E-state index contributed by atoms with van der Waals surface area (Å²) < 4.78 is 9.07. The molecule has 2 N–H and O–H groups in total. The second-order valence-electron chi connectivity index (χ2n) is 9.98. The normalized spacial score (nSPS) is 17.3. The molecule has 1 aliphatic rings. The van der Waals surface area contributed by atoms with Gasteiger partial charge in [-0.05, 0) is 62.8 Å². The lowest BCUT2D eigenvalue weighted by Crippen LogP contribution is -2.39. The summed E-state index contributed by atoms with van der Waals surface area (Å²) >= 11 is 6.04. The Morgan fingerprint density at radius 2 is 1.87 bits per heavy atom. The molecule has 0 radical (unpaired) electrons. The highest BCUT2D eigenvalue weighted by molar-refractivity contribution is 6.30. The lowest BCUT2D eigenvalue weighted by atomic mass is 9.85. The number of nitrogens with zero attached hydrogens (tertiary/aromatic N) is 4. The Morgan fingerprint density at radius 1 is 1.10 bits per heavy atom. The molecule has 1 aliphatic carbocycles. The molecule has 1 fully saturated rings. The van der Waals surface area contributed by atoms with Crippen molar-refractivity contribution in [3.8, 4) is 11.6 Å². The third kappa shape index (κ3) is 5.99. The topological polar surface area (TPSA) is 111 Å². The minimum atomic E-state index is -0.149. The number of aliphatic hydroxyl groups excluding tert-OH is 1. The van der Waals surface area contributed by atoms with Crippen molar-refractivity contribution in [1.82, 2.24) is 24.4 Å². The van der Waals surface area contributed by atoms with Gasteiger partial charge >= 0.3 is 5.69 Å². The minimum Gasteiger partial charge on any atom is -0.478 e. The highest BCUT2D eigenvalue weighted by atomic mass is 35.5. The van der Waals surface area contributed by atoms with Crippen molar-refractivity contribution in [2.75, 3.05) is 13.2 Å². The minimum absolute atomic E-state index is 0.0592. The van der Waals surface area contributed by atoms with Crippen LogP contribution in [0.1, 0.15) is 48.2 Å². The van der Waals surface area contributed by atoms with Crippen molar-refractivity contribution in [2.24, 2.45) is 5.92 Å². The molecule has 0 spiro atoms. The quantitative estimate of drug-likeness (QED) is 0.301. The van der Waals surface area contributed by atoms with E-state index in [4.69, 9.17) is 21.4 Å². The van der Waals surface area contributed by atoms with Crippen LogP contribution >= 0.6 is 11.6 Å². The summed E-state index contributed by atoms with van der Waals surface area (Å²) in [5, 5.41) is 12.5. The number of imidazole rings is 1. The number of nitrogens with one attached hydrogen (secondary N) is 1. The second-order valence-corrected chi connectivity index (χ2v) is 10.4. The van der Waals surface area contributed by atoms with E-state index in [9.17, 15) is 9.59 Å². The van der Waals surface area contributed by atoms with Gasteiger partial charge in [0.15, 0.2) is 0 Å². The fourth-order valence-electron chi connectivity index (χ4n) is 5.21. The maximum Gasteiger partial charge on any atom is 0.333 e. The molecular formula is C29H32ClN5O4. The zero-order valence-corrected chi connectivity index (χ0v) is 22.6.